The second-order valence-corrected chi connectivity index (χ2v) is 4.62. The smallest absolute Gasteiger partial charge is 0.304 e. The number of nitrogens with one attached hydrogen (secondary N) is 1. The Labute approximate surface area is 116 Å². The molecule has 4 nitrogen and oxygen atoms in total. The van der Waals surface area contributed by atoms with Crippen LogP contribution in [0.1, 0.15) is 12.0 Å². The van der Waals surface area contributed by atoms with Gasteiger partial charge in [0, 0.05) is 18.8 Å². The van der Waals surface area contributed by atoms with Crippen molar-refractivity contribution in [3.63, 3.8) is 0 Å². The maximum absolute atomic E-state index is 13.3. The molecule has 0 radical (unpaired) electrons. The summed E-state index contributed by atoms with van der Waals surface area (Å²) in [5.74, 6) is -0.948. The van der Waals surface area contributed by atoms with E-state index in [0.29, 0.717) is 22.3 Å². The van der Waals surface area contributed by atoms with E-state index in [1.54, 1.807) is 13.1 Å². The van der Waals surface area contributed by atoms with E-state index in [9.17, 15) is 18.0 Å². The fraction of sp³-hybridized carbons (Fsp3) is 0.143. The molecular weight excluding hydrogens is 283 g/mol. The van der Waals surface area contributed by atoms with Crippen molar-refractivity contribution in [3.05, 3.63) is 52.3 Å². The Kier molecular flexibility index (Phi) is 3.04. The normalized spacial score (nSPS) is 11.5. The Morgan fingerprint density at radius 1 is 1.24 bits per heavy atom. The van der Waals surface area contributed by atoms with Gasteiger partial charge in [0.25, 0.3) is 6.43 Å². The summed E-state index contributed by atoms with van der Waals surface area (Å²) in [7, 11) is 1.57. The Morgan fingerprint density at radius 3 is 2.71 bits per heavy atom. The summed E-state index contributed by atoms with van der Waals surface area (Å²) in [6.07, 6.45) is -1.43. The number of benzene rings is 1. The van der Waals surface area contributed by atoms with Crippen LogP contribution in [0.5, 0.6) is 0 Å². The molecular formula is C14H10F3N3O. The lowest BCUT2D eigenvalue weighted by atomic mass is 10.0. The van der Waals surface area contributed by atoms with Crippen LogP contribution in [0.3, 0.4) is 0 Å². The third kappa shape index (κ3) is 2.20. The molecule has 0 amide bonds. The number of alkyl halides is 2. The zero-order chi connectivity index (χ0) is 15.1. The van der Waals surface area contributed by atoms with Crippen LogP contribution in [-0.2, 0) is 7.05 Å². The van der Waals surface area contributed by atoms with E-state index in [-0.39, 0.29) is 5.69 Å². The van der Waals surface area contributed by atoms with Gasteiger partial charge in [-0.1, -0.05) is 6.07 Å². The summed E-state index contributed by atoms with van der Waals surface area (Å²) in [5.41, 5.74) is 0.899. The zero-order valence-corrected chi connectivity index (χ0v) is 10.9. The van der Waals surface area contributed by atoms with Crippen molar-refractivity contribution >= 4 is 11.2 Å². The first kappa shape index (κ1) is 13.4. The van der Waals surface area contributed by atoms with Crippen LogP contribution in [0.15, 0.2) is 35.3 Å². The van der Waals surface area contributed by atoms with Gasteiger partial charge in [-0.25, -0.2) is 22.9 Å². The summed E-state index contributed by atoms with van der Waals surface area (Å²) in [6.45, 7) is 0. The molecule has 0 atom stereocenters. The van der Waals surface area contributed by atoms with Crippen molar-refractivity contribution < 1.29 is 13.2 Å². The lowest BCUT2D eigenvalue weighted by Crippen LogP contribution is -2.12. The first-order chi connectivity index (χ1) is 9.97. The maximum atomic E-state index is 13.3. The van der Waals surface area contributed by atoms with E-state index < -0.39 is 17.8 Å². The number of hydrogen-bond donors (Lipinski definition) is 1. The first-order valence-corrected chi connectivity index (χ1v) is 6.10. The summed E-state index contributed by atoms with van der Waals surface area (Å²) < 4.78 is 40.1. The highest BCUT2D eigenvalue weighted by Gasteiger charge is 2.15. The van der Waals surface area contributed by atoms with Crippen molar-refractivity contribution in [1.29, 1.82) is 0 Å². The van der Waals surface area contributed by atoms with Gasteiger partial charge in [-0.3, -0.25) is 4.57 Å². The number of imidazole rings is 1. The molecule has 0 spiro atoms. The number of rotatable bonds is 2. The van der Waals surface area contributed by atoms with Crippen molar-refractivity contribution in [1.82, 2.24) is 14.5 Å². The number of nitrogens with zero attached hydrogens (tertiary/aromatic N) is 2. The zero-order valence-electron chi connectivity index (χ0n) is 10.9. The van der Waals surface area contributed by atoms with Gasteiger partial charge >= 0.3 is 5.69 Å². The van der Waals surface area contributed by atoms with E-state index in [2.05, 4.69) is 9.97 Å². The minimum atomic E-state index is -2.89. The third-order valence-corrected chi connectivity index (χ3v) is 3.30. The molecule has 2 aromatic heterocycles. The predicted molar refractivity (Wildman–Crippen MR) is 71.7 cm³/mol. The number of aryl methyl sites for hydroxylation is 1. The van der Waals surface area contributed by atoms with Gasteiger partial charge in [-0.15, -0.1) is 0 Å². The van der Waals surface area contributed by atoms with Crippen molar-refractivity contribution in [2.24, 2.45) is 7.05 Å². The van der Waals surface area contributed by atoms with E-state index in [1.165, 1.54) is 16.8 Å². The number of aromatic nitrogens is 3. The Bertz CT molecular complexity index is 883. The lowest BCUT2D eigenvalue weighted by Gasteiger charge is -2.06. The van der Waals surface area contributed by atoms with Crippen LogP contribution in [0, 0.1) is 5.82 Å². The highest BCUT2D eigenvalue weighted by molar-refractivity contribution is 5.78. The van der Waals surface area contributed by atoms with Crippen molar-refractivity contribution in [2.45, 2.75) is 6.43 Å². The minimum absolute atomic E-state index is 0.318. The number of halogens is 3. The molecule has 1 aromatic carbocycles. The Morgan fingerprint density at radius 2 is 2.00 bits per heavy atom. The molecule has 0 bridgehead atoms. The van der Waals surface area contributed by atoms with Gasteiger partial charge < -0.3 is 4.98 Å². The SMILES string of the molecule is Cn1c(=O)[nH]c2cc(-c3ccc(F)c(C(F)F)c3)cnc21. The van der Waals surface area contributed by atoms with Gasteiger partial charge in [0.1, 0.15) is 5.82 Å². The molecule has 0 fully saturated rings. The Balaban J connectivity index is 2.16. The number of hydrogen-bond acceptors (Lipinski definition) is 2. The van der Waals surface area contributed by atoms with E-state index in [1.807, 2.05) is 0 Å². The van der Waals surface area contributed by atoms with Crippen LogP contribution in [0.2, 0.25) is 0 Å². The number of H-pyrrole nitrogens is 1. The molecule has 0 unspecified atom stereocenters. The van der Waals surface area contributed by atoms with Crippen molar-refractivity contribution in [2.75, 3.05) is 0 Å². The van der Waals surface area contributed by atoms with Gasteiger partial charge in [-0.2, -0.15) is 0 Å². The fourth-order valence-corrected chi connectivity index (χ4v) is 2.16. The topological polar surface area (TPSA) is 50.7 Å². The quantitative estimate of drug-likeness (QED) is 0.789. The average molecular weight is 293 g/mol. The monoisotopic (exact) mass is 293 g/mol. The van der Waals surface area contributed by atoms with Crippen LogP contribution in [0.4, 0.5) is 13.2 Å². The third-order valence-electron chi connectivity index (χ3n) is 3.30. The predicted octanol–water partition coefficient (Wildman–Crippen LogP) is 3.01. The second-order valence-electron chi connectivity index (χ2n) is 4.62. The summed E-state index contributed by atoms with van der Waals surface area (Å²) in [5, 5.41) is 0. The van der Waals surface area contributed by atoms with Gasteiger partial charge in [-0.05, 0) is 23.8 Å². The largest absolute Gasteiger partial charge is 0.327 e. The number of pyridine rings is 1. The van der Waals surface area contributed by atoms with E-state index in [4.69, 9.17) is 0 Å². The number of aromatic amines is 1. The molecule has 2 heterocycles. The molecule has 0 saturated heterocycles. The molecule has 7 heteroatoms. The molecule has 21 heavy (non-hydrogen) atoms. The number of fused-ring (bicyclic) bond motifs is 1. The molecule has 108 valence electrons. The maximum Gasteiger partial charge on any atom is 0.327 e. The average Bonchev–Trinajstić information content (AvgIpc) is 2.74. The molecule has 0 saturated carbocycles. The van der Waals surface area contributed by atoms with E-state index in [0.717, 1.165) is 12.1 Å². The summed E-state index contributed by atoms with van der Waals surface area (Å²) in [6, 6.07) is 5.09. The molecule has 0 aliphatic rings. The minimum Gasteiger partial charge on any atom is -0.304 e. The Hall–Kier alpha value is -2.57. The van der Waals surface area contributed by atoms with Crippen LogP contribution in [0.25, 0.3) is 22.3 Å². The van der Waals surface area contributed by atoms with Crippen LogP contribution in [-0.4, -0.2) is 14.5 Å². The summed E-state index contributed by atoms with van der Waals surface area (Å²) in [4.78, 5) is 18.2. The fourth-order valence-electron chi connectivity index (χ4n) is 2.16. The summed E-state index contributed by atoms with van der Waals surface area (Å²) >= 11 is 0. The van der Waals surface area contributed by atoms with Gasteiger partial charge in [0.2, 0.25) is 0 Å². The molecule has 0 aliphatic carbocycles. The molecule has 3 aromatic rings. The molecule has 3 rings (SSSR count). The first-order valence-electron chi connectivity index (χ1n) is 6.10. The lowest BCUT2D eigenvalue weighted by molar-refractivity contribution is 0.146. The van der Waals surface area contributed by atoms with Gasteiger partial charge in [0.05, 0.1) is 11.1 Å². The van der Waals surface area contributed by atoms with Crippen LogP contribution >= 0.6 is 0 Å². The highest BCUT2D eigenvalue weighted by Crippen LogP contribution is 2.28. The van der Waals surface area contributed by atoms with E-state index >= 15 is 0 Å². The van der Waals surface area contributed by atoms with Crippen molar-refractivity contribution in [3.8, 4) is 11.1 Å². The molecule has 0 aliphatic heterocycles. The second kappa shape index (κ2) is 4.76. The van der Waals surface area contributed by atoms with Gasteiger partial charge in [0.15, 0.2) is 5.65 Å². The highest BCUT2D eigenvalue weighted by atomic mass is 19.3. The standard InChI is InChI=1S/C14H10F3N3O/c1-20-13-11(19-14(20)21)5-8(6-18-13)7-2-3-10(15)9(4-7)12(16)17/h2-6,12H,1H3,(H,19,21). The van der Waals surface area contributed by atoms with Crippen LogP contribution < -0.4 is 5.69 Å². The molecule has 1 N–H and O–H groups in total.